The molecule has 2 aromatic rings. The zero-order valence-corrected chi connectivity index (χ0v) is 14.1. The van der Waals surface area contributed by atoms with Crippen molar-refractivity contribution in [2.24, 2.45) is 5.73 Å². The first kappa shape index (κ1) is 17.2. The first-order chi connectivity index (χ1) is 11.1. The van der Waals surface area contributed by atoms with E-state index in [0.717, 1.165) is 29.2 Å². The Kier molecular flexibility index (Phi) is 6.29. The van der Waals surface area contributed by atoms with Crippen molar-refractivity contribution in [3.8, 4) is 17.2 Å². The number of benzene rings is 2. The Balaban J connectivity index is 1.92. The molecule has 4 nitrogen and oxygen atoms in total. The fourth-order valence-corrected chi connectivity index (χ4v) is 2.49. The van der Waals surface area contributed by atoms with E-state index in [-0.39, 0.29) is 0 Å². The molecule has 0 aromatic heterocycles. The highest BCUT2D eigenvalue weighted by Gasteiger charge is 2.06. The van der Waals surface area contributed by atoms with Gasteiger partial charge in [0.2, 0.25) is 0 Å². The molecule has 0 saturated carbocycles. The van der Waals surface area contributed by atoms with Crippen molar-refractivity contribution >= 4 is 0 Å². The summed E-state index contributed by atoms with van der Waals surface area (Å²) < 4.78 is 16.9. The maximum absolute atomic E-state index is 5.85. The molecule has 0 spiro atoms. The van der Waals surface area contributed by atoms with Gasteiger partial charge in [-0.2, -0.15) is 0 Å². The van der Waals surface area contributed by atoms with E-state index in [1.165, 1.54) is 11.1 Å². The third-order valence-electron chi connectivity index (χ3n) is 3.49. The van der Waals surface area contributed by atoms with Crippen LogP contribution in [0.1, 0.15) is 16.7 Å². The molecular weight excluding hydrogens is 290 g/mol. The monoisotopic (exact) mass is 315 g/mol. The molecule has 0 radical (unpaired) electrons. The number of hydrogen-bond acceptors (Lipinski definition) is 4. The molecule has 2 N–H and O–H groups in total. The van der Waals surface area contributed by atoms with E-state index in [2.05, 4.69) is 19.9 Å². The van der Waals surface area contributed by atoms with Gasteiger partial charge in [-0.15, -0.1) is 0 Å². The summed E-state index contributed by atoms with van der Waals surface area (Å²) in [7, 11) is 1.64. The predicted molar refractivity (Wildman–Crippen MR) is 92.7 cm³/mol. The Bertz CT molecular complexity index is 620. The number of methoxy groups -OCH3 is 1. The molecule has 0 unspecified atom stereocenters. The highest BCUT2D eigenvalue weighted by atomic mass is 16.5. The van der Waals surface area contributed by atoms with Gasteiger partial charge in [0.1, 0.15) is 30.5 Å². The minimum Gasteiger partial charge on any atom is -0.497 e. The van der Waals surface area contributed by atoms with Crippen LogP contribution in [-0.4, -0.2) is 26.9 Å². The van der Waals surface area contributed by atoms with Crippen molar-refractivity contribution in [3.63, 3.8) is 0 Å². The van der Waals surface area contributed by atoms with E-state index >= 15 is 0 Å². The lowest BCUT2D eigenvalue weighted by atomic mass is 10.1. The summed E-state index contributed by atoms with van der Waals surface area (Å²) in [4.78, 5) is 0. The van der Waals surface area contributed by atoms with E-state index in [4.69, 9.17) is 19.9 Å². The van der Waals surface area contributed by atoms with Gasteiger partial charge in [-0.3, -0.25) is 0 Å². The third-order valence-corrected chi connectivity index (χ3v) is 3.49. The number of nitrogens with two attached hydrogens (primary N) is 1. The second kappa shape index (κ2) is 8.44. The molecule has 0 aliphatic carbocycles. The van der Waals surface area contributed by atoms with E-state index in [1.54, 1.807) is 7.11 Å². The van der Waals surface area contributed by atoms with Crippen LogP contribution in [0.5, 0.6) is 17.2 Å². The van der Waals surface area contributed by atoms with Gasteiger partial charge in [-0.25, -0.2) is 0 Å². The van der Waals surface area contributed by atoms with Gasteiger partial charge in [0.05, 0.1) is 7.11 Å². The van der Waals surface area contributed by atoms with Gasteiger partial charge in [0.25, 0.3) is 0 Å². The highest BCUT2D eigenvalue weighted by Crippen LogP contribution is 2.25. The molecule has 0 fully saturated rings. The van der Waals surface area contributed by atoms with E-state index in [9.17, 15) is 0 Å². The number of aryl methyl sites for hydroxylation is 2. The molecule has 0 heterocycles. The molecule has 2 rings (SSSR count). The van der Waals surface area contributed by atoms with Crippen LogP contribution < -0.4 is 19.9 Å². The van der Waals surface area contributed by atoms with E-state index < -0.39 is 0 Å². The minimum absolute atomic E-state index is 0.470. The summed E-state index contributed by atoms with van der Waals surface area (Å²) in [5.41, 5.74) is 9.12. The van der Waals surface area contributed by atoms with Crippen molar-refractivity contribution in [3.05, 3.63) is 53.1 Å². The quantitative estimate of drug-likeness (QED) is 0.760. The Hall–Kier alpha value is -2.20. The standard InChI is InChI=1S/C19H25NO3/c1-14-10-15(2)12-18(11-14)22-8-9-23-19-13-17(21-3)5-4-16(19)6-7-20/h4-5,10-13H,6-9,20H2,1-3H3. The van der Waals surface area contributed by atoms with Crippen molar-refractivity contribution < 1.29 is 14.2 Å². The fraction of sp³-hybridized carbons (Fsp3) is 0.368. The van der Waals surface area contributed by atoms with Gasteiger partial charge in [-0.1, -0.05) is 12.1 Å². The first-order valence-corrected chi connectivity index (χ1v) is 7.83. The largest absolute Gasteiger partial charge is 0.497 e. The van der Waals surface area contributed by atoms with Crippen LogP contribution in [0.3, 0.4) is 0 Å². The number of ether oxygens (including phenoxy) is 3. The minimum atomic E-state index is 0.470. The van der Waals surface area contributed by atoms with Crippen molar-refractivity contribution in [2.45, 2.75) is 20.3 Å². The molecule has 0 bridgehead atoms. The Labute approximate surface area is 138 Å². The summed E-state index contributed by atoms with van der Waals surface area (Å²) in [6, 6.07) is 12.0. The van der Waals surface area contributed by atoms with Crippen molar-refractivity contribution in [1.29, 1.82) is 0 Å². The summed E-state index contributed by atoms with van der Waals surface area (Å²) in [5, 5.41) is 0. The maximum Gasteiger partial charge on any atom is 0.126 e. The van der Waals surface area contributed by atoms with Crippen LogP contribution in [-0.2, 0) is 6.42 Å². The average Bonchev–Trinajstić information content (AvgIpc) is 2.52. The predicted octanol–water partition coefficient (Wildman–Crippen LogP) is 3.27. The molecule has 4 heteroatoms. The van der Waals surface area contributed by atoms with E-state index in [0.29, 0.717) is 19.8 Å². The molecule has 0 atom stereocenters. The van der Waals surface area contributed by atoms with E-state index in [1.807, 2.05) is 30.3 Å². The summed E-state index contributed by atoms with van der Waals surface area (Å²) in [5.74, 6) is 2.45. The molecule has 2 aromatic carbocycles. The molecule has 0 amide bonds. The summed E-state index contributed by atoms with van der Waals surface area (Å²) >= 11 is 0. The molecule has 0 saturated heterocycles. The highest BCUT2D eigenvalue weighted by molar-refractivity contribution is 5.41. The Morgan fingerprint density at radius 2 is 1.57 bits per heavy atom. The molecule has 0 aliphatic heterocycles. The van der Waals surface area contributed by atoms with Crippen LogP contribution in [0.25, 0.3) is 0 Å². The molecule has 124 valence electrons. The number of hydrogen-bond donors (Lipinski definition) is 1. The summed E-state index contributed by atoms with van der Waals surface area (Å²) in [6.07, 6.45) is 0.775. The maximum atomic E-state index is 5.85. The molecule has 0 aliphatic rings. The smallest absolute Gasteiger partial charge is 0.126 e. The second-order valence-corrected chi connectivity index (χ2v) is 5.53. The SMILES string of the molecule is COc1ccc(CCN)c(OCCOc2cc(C)cc(C)c2)c1. The van der Waals surface area contributed by atoms with Crippen molar-refractivity contribution in [1.82, 2.24) is 0 Å². The lowest BCUT2D eigenvalue weighted by Crippen LogP contribution is -2.11. The Morgan fingerprint density at radius 1 is 0.870 bits per heavy atom. The Morgan fingerprint density at radius 3 is 2.22 bits per heavy atom. The number of rotatable bonds is 8. The van der Waals surface area contributed by atoms with Gasteiger partial charge >= 0.3 is 0 Å². The third kappa shape index (κ3) is 5.18. The van der Waals surface area contributed by atoms with Crippen molar-refractivity contribution in [2.75, 3.05) is 26.9 Å². The van der Waals surface area contributed by atoms with Gasteiger partial charge in [0, 0.05) is 6.07 Å². The van der Waals surface area contributed by atoms with Crippen LogP contribution in [0.2, 0.25) is 0 Å². The van der Waals surface area contributed by atoms with Gasteiger partial charge in [-0.05, 0) is 61.7 Å². The second-order valence-electron chi connectivity index (χ2n) is 5.53. The average molecular weight is 315 g/mol. The van der Waals surface area contributed by atoms with Crippen LogP contribution in [0, 0.1) is 13.8 Å². The summed E-state index contributed by atoms with van der Waals surface area (Å²) in [6.45, 7) is 5.67. The van der Waals surface area contributed by atoms with Gasteiger partial charge in [0.15, 0.2) is 0 Å². The van der Waals surface area contributed by atoms with Gasteiger partial charge < -0.3 is 19.9 Å². The topological polar surface area (TPSA) is 53.7 Å². The fourth-order valence-electron chi connectivity index (χ4n) is 2.49. The van der Waals surface area contributed by atoms with Crippen LogP contribution in [0.4, 0.5) is 0 Å². The normalized spacial score (nSPS) is 10.4. The molecular formula is C19H25NO3. The molecule has 23 heavy (non-hydrogen) atoms. The van der Waals surface area contributed by atoms with Crippen LogP contribution in [0.15, 0.2) is 36.4 Å². The van der Waals surface area contributed by atoms with Crippen LogP contribution >= 0.6 is 0 Å². The lowest BCUT2D eigenvalue weighted by Gasteiger charge is -2.13. The zero-order valence-electron chi connectivity index (χ0n) is 14.1. The lowest BCUT2D eigenvalue weighted by molar-refractivity contribution is 0.215. The first-order valence-electron chi connectivity index (χ1n) is 7.83. The zero-order chi connectivity index (χ0) is 16.7.